The van der Waals surface area contributed by atoms with E-state index in [1.807, 2.05) is 0 Å². The fourth-order valence-corrected chi connectivity index (χ4v) is 2.98. The van der Waals surface area contributed by atoms with Crippen LogP contribution in [-0.4, -0.2) is 25.5 Å². The summed E-state index contributed by atoms with van der Waals surface area (Å²) in [6.07, 6.45) is 1.32. The Balaban J connectivity index is 1.70. The maximum Gasteiger partial charge on any atom is 0.337 e. The summed E-state index contributed by atoms with van der Waals surface area (Å²) < 4.78 is 18.4. The van der Waals surface area contributed by atoms with E-state index in [4.69, 9.17) is 4.74 Å². The molecule has 2 aromatic rings. The molecule has 4 nitrogen and oxygen atoms in total. The van der Waals surface area contributed by atoms with Crippen molar-refractivity contribution in [1.29, 1.82) is 0 Å². The van der Waals surface area contributed by atoms with E-state index in [1.54, 1.807) is 41.3 Å². The Morgan fingerprint density at radius 2 is 2.00 bits per heavy atom. The Hall–Kier alpha value is -2.69. The molecule has 0 spiro atoms. The monoisotopic (exact) mass is 327 g/mol. The molecule has 0 aliphatic carbocycles. The predicted molar refractivity (Wildman–Crippen MR) is 88.6 cm³/mol. The molecule has 0 saturated heterocycles. The van der Waals surface area contributed by atoms with Crippen LogP contribution in [0, 0.1) is 5.82 Å². The molecule has 1 aliphatic heterocycles. The maximum atomic E-state index is 13.6. The van der Waals surface area contributed by atoms with Gasteiger partial charge in [0.05, 0.1) is 12.7 Å². The molecule has 0 fully saturated rings. The van der Waals surface area contributed by atoms with Crippen LogP contribution in [0.25, 0.3) is 0 Å². The number of rotatable bonds is 4. The average molecular weight is 327 g/mol. The Labute approximate surface area is 139 Å². The zero-order valence-corrected chi connectivity index (χ0v) is 13.4. The molecule has 1 amide bonds. The lowest BCUT2D eigenvalue weighted by Gasteiger charge is -2.17. The molecule has 2 aromatic carbocycles. The summed E-state index contributed by atoms with van der Waals surface area (Å²) in [6, 6.07) is 11.7. The van der Waals surface area contributed by atoms with Gasteiger partial charge in [0.25, 0.3) is 0 Å². The molecule has 0 saturated carbocycles. The van der Waals surface area contributed by atoms with Gasteiger partial charge in [-0.15, -0.1) is 0 Å². The number of anilines is 1. The van der Waals surface area contributed by atoms with Crippen LogP contribution in [0.15, 0.2) is 42.5 Å². The van der Waals surface area contributed by atoms with Crippen LogP contribution in [0.2, 0.25) is 0 Å². The Morgan fingerprint density at radius 1 is 1.21 bits per heavy atom. The largest absolute Gasteiger partial charge is 0.465 e. The minimum atomic E-state index is -0.387. The smallest absolute Gasteiger partial charge is 0.337 e. The van der Waals surface area contributed by atoms with Crippen molar-refractivity contribution in [3.05, 3.63) is 65.0 Å². The highest BCUT2D eigenvalue weighted by molar-refractivity contribution is 5.97. The Morgan fingerprint density at radius 3 is 2.75 bits per heavy atom. The summed E-state index contributed by atoms with van der Waals surface area (Å²) in [4.78, 5) is 25.8. The van der Waals surface area contributed by atoms with Gasteiger partial charge < -0.3 is 9.64 Å². The molecule has 0 radical (unpaired) electrons. The van der Waals surface area contributed by atoms with Gasteiger partial charge in [-0.1, -0.05) is 18.2 Å². The number of nitrogens with zero attached hydrogens (tertiary/aromatic N) is 1. The van der Waals surface area contributed by atoms with E-state index < -0.39 is 0 Å². The van der Waals surface area contributed by atoms with Crippen LogP contribution in [-0.2, 0) is 22.4 Å². The number of fused-ring (bicyclic) bond motifs is 1. The van der Waals surface area contributed by atoms with Crippen LogP contribution >= 0.6 is 0 Å². The SMILES string of the molecule is COC(=O)c1ccc2c(c1)CCN2C(=O)CCc1ccccc1F. The van der Waals surface area contributed by atoms with Crippen molar-refractivity contribution in [3.8, 4) is 0 Å². The molecule has 1 aliphatic rings. The fraction of sp³-hybridized carbons (Fsp3) is 0.263. The first kappa shape index (κ1) is 16.2. The minimum absolute atomic E-state index is 0.0391. The Kier molecular flexibility index (Phi) is 4.60. The molecule has 1 heterocycles. The number of ether oxygens (including phenoxy) is 1. The van der Waals surface area contributed by atoms with Crippen LogP contribution in [0.3, 0.4) is 0 Å². The molecule has 0 bridgehead atoms. The third kappa shape index (κ3) is 3.15. The number of esters is 1. The van der Waals surface area contributed by atoms with Crippen molar-refractivity contribution < 1.29 is 18.7 Å². The topological polar surface area (TPSA) is 46.6 Å². The van der Waals surface area contributed by atoms with Crippen molar-refractivity contribution in [2.45, 2.75) is 19.3 Å². The van der Waals surface area contributed by atoms with Gasteiger partial charge in [-0.05, 0) is 48.2 Å². The number of hydrogen-bond acceptors (Lipinski definition) is 3. The third-order valence-corrected chi connectivity index (χ3v) is 4.26. The van der Waals surface area contributed by atoms with E-state index in [0.29, 0.717) is 30.5 Å². The highest BCUT2D eigenvalue weighted by atomic mass is 19.1. The second-order valence-corrected chi connectivity index (χ2v) is 5.72. The van der Waals surface area contributed by atoms with Gasteiger partial charge in [-0.25, -0.2) is 9.18 Å². The molecule has 0 unspecified atom stereocenters. The minimum Gasteiger partial charge on any atom is -0.465 e. The summed E-state index contributed by atoms with van der Waals surface area (Å²) in [5.74, 6) is -0.709. The summed E-state index contributed by atoms with van der Waals surface area (Å²) in [5.41, 5.74) is 2.81. The number of aryl methyl sites for hydroxylation is 1. The van der Waals surface area contributed by atoms with Crippen LogP contribution in [0.4, 0.5) is 10.1 Å². The average Bonchev–Trinajstić information content (AvgIpc) is 3.03. The summed E-state index contributed by atoms with van der Waals surface area (Å²) >= 11 is 0. The lowest BCUT2D eigenvalue weighted by Crippen LogP contribution is -2.29. The highest BCUT2D eigenvalue weighted by Gasteiger charge is 2.25. The normalized spacial score (nSPS) is 12.8. The molecule has 0 N–H and O–H groups in total. The zero-order valence-electron chi connectivity index (χ0n) is 13.4. The maximum absolute atomic E-state index is 13.6. The van der Waals surface area contributed by atoms with Gasteiger partial charge in [0.2, 0.25) is 5.91 Å². The van der Waals surface area contributed by atoms with Crippen molar-refractivity contribution >= 4 is 17.6 Å². The van der Waals surface area contributed by atoms with Crippen molar-refractivity contribution in [2.24, 2.45) is 0 Å². The van der Waals surface area contributed by atoms with Crippen LogP contribution in [0.1, 0.15) is 27.9 Å². The molecule has 0 atom stereocenters. The molecule has 3 rings (SSSR count). The highest BCUT2D eigenvalue weighted by Crippen LogP contribution is 2.30. The summed E-state index contributed by atoms with van der Waals surface area (Å²) in [6.45, 7) is 0.579. The van der Waals surface area contributed by atoms with E-state index in [2.05, 4.69) is 0 Å². The molecular formula is C19H18FNO3. The van der Waals surface area contributed by atoms with Crippen molar-refractivity contribution in [2.75, 3.05) is 18.6 Å². The molecule has 5 heteroatoms. The van der Waals surface area contributed by atoms with Gasteiger partial charge in [0.15, 0.2) is 0 Å². The third-order valence-electron chi connectivity index (χ3n) is 4.26. The van der Waals surface area contributed by atoms with Gasteiger partial charge in [0, 0.05) is 18.7 Å². The fourth-order valence-electron chi connectivity index (χ4n) is 2.98. The van der Waals surface area contributed by atoms with E-state index in [-0.39, 0.29) is 24.1 Å². The van der Waals surface area contributed by atoms with Gasteiger partial charge in [-0.2, -0.15) is 0 Å². The lowest BCUT2D eigenvalue weighted by molar-refractivity contribution is -0.118. The first-order valence-corrected chi connectivity index (χ1v) is 7.85. The zero-order chi connectivity index (χ0) is 17.1. The van der Waals surface area contributed by atoms with Gasteiger partial charge >= 0.3 is 5.97 Å². The van der Waals surface area contributed by atoms with E-state index in [0.717, 1.165) is 11.3 Å². The van der Waals surface area contributed by atoms with E-state index in [9.17, 15) is 14.0 Å². The second kappa shape index (κ2) is 6.83. The van der Waals surface area contributed by atoms with Crippen LogP contribution < -0.4 is 4.90 Å². The van der Waals surface area contributed by atoms with Gasteiger partial charge in [0.1, 0.15) is 5.82 Å². The summed E-state index contributed by atoms with van der Waals surface area (Å²) in [5, 5.41) is 0. The molecule has 0 aromatic heterocycles. The first-order chi connectivity index (χ1) is 11.6. The number of hydrogen-bond donors (Lipinski definition) is 0. The van der Waals surface area contributed by atoms with Crippen molar-refractivity contribution in [3.63, 3.8) is 0 Å². The van der Waals surface area contributed by atoms with E-state index >= 15 is 0 Å². The number of methoxy groups -OCH3 is 1. The van der Waals surface area contributed by atoms with E-state index in [1.165, 1.54) is 13.2 Å². The number of halogens is 1. The van der Waals surface area contributed by atoms with Gasteiger partial charge in [-0.3, -0.25) is 4.79 Å². The number of benzene rings is 2. The predicted octanol–water partition coefficient (Wildman–Crippen LogP) is 3.13. The molecule has 24 heavy (non-hydrogen) atoms. The number of amides is 1. The quantitative estimate of drug-likeness (QED) is 0.811. The lowest BCUT2D eigenvalue weighted by atomic mass is 10.1. The standard InChI is InChI=1S/C19H18FNO3/c1-24-19(23)15-6-8-17-14(12-15)10-11-21(17)18(22)9-7-13-4-2-3-5-16(13)20/h2-6,8,12H,7,9-11H2,1H3. The second-order valence-electron chi connectivity index (χ2n) is 5.72. The number of carbonyl (C=O) groups is 2. The first-order valence-electron chi connectivity index (χ1n) is 7.85. The molecule has 124 valence electrons. The number of carbonyl (C=O) groups excluding carboxylic acids is 2. The van der Waals surface area contributed by atoms with Crippen LogP contribution in [0.5, 0.6) is 0 Å². The summed E-state index contributed by atoms with van der Waals surface area (Å²) in [7, 11) is 1.34. The Bertz CT molecular complexity index is 788. The van der Waals surface area contributed by atoms with Crippen molar-refractivity contribution in [1.82, 2.24) is 0 Å². The molecular weight excluding hydrogens is 309 g/mol.